The highest BCUT2D eigenvalue weighted by Crippen LogP contribution is 2.42. The number of nitrogens with one attached hydrogen (secondary N) is 4. The van der Waals surface area contributed by atoms with Crippen molar-refractivity contribution >= 4 is 56.9 Å². The van der Waals surface area contributed by atoms with Crippen LogP contribution in [-0.4, -0.2) is 74.5 Å². The van der Waals surface area contributed by atoms with Gasteiger partial charge in [-0.25, -0.2) is 19.6 Å². The maximum absolute atomic E-state index is 13.9. The van der Waals surface area contributed by atoms with Crippen molar-refractivity contribution in [1.82, 2.24) is 49.7 Å². The Hall–Kier alpha value is -7.10. The quantitative estimate of drug-likeness (QED) is 0.0581. The van der Waals surface area contributed by atoms with E-state index in [1.54, 1.807) is 11.2 Å². The lowest BCUT2D eigenvalue weighted by Crippen LogP contribution is -2.49. The Balaban J connectivity index is 0.827. The van der Waals surface area contributed by atoms with E-state index in [2.05, 4.69) is 69.7 Å². The second kappa shape index (κ2) is 16.0. The third kappa shape index (κ3) is 7.52. The van der Waals surface area contributed by atoms with E-state index in [1.807, 2.05) is 47.5 Å². The number of Topliss-reactive ketones (excluding diaryl/α,β-unsaturated/α-hetero) is 1. The number of piperidine rings is 1. The first kappa shape index (κ1) is 40.0. The summed E-state index contributed by atoms with van der Waals surface area (Å²) in [6, 6.07) is 11.5. The average Bonchev–Trinajstić information content (AvgIpc) is 3.52. The highest BCUT2D eigenvalue weighted by Gasteiger charge is 2.39. The number of imidazole rings is 1. The molecule has 16 nitrogen and oxygen atoms in total. The number of aryl methyl sites for hydroxylation is 6. The molecular weight excluding hydrogens is 797 g/mol. The van der Waals surface area contributed by atoms with Crippen molar-refractivity contribution in [1.29, 1.82) is 0 Å². The summed E-state index contributed by atoms with van der Waals surface area (Å²) < 4.78 is 9.49. The average molecular weight is 847 g/mol. The minimum atomic E-state index is -0.499. The van der Waals surface area contributed by atoms with Crippen LogP contribution in [-0.2, 0) is 30.8 Å². The van der Waals surface area contributed by atoms with Gasteiger partial charge in [-0.2, -0.15) is 5.10 Å². The molecule has 63 heavy (non-hydrogen) atoms. The zero-order chi connectivity index (χ0) is 43.5. The van der Waals surface area contributed by atoms with Gasteiger partial charge in [0.1, 0.15) is 29.1 Å². The van der Waals surface area contributed by atoms with Crippen LogP contribution in [0, 0.1) is 20.8 Å². The number of carbonyl (C=O) groups is 3. The highest BCUT2D eigenvalue weighted by molar-refractivity contribution is 6.14. The Kier molecular flexibility index (Phi) is 10.1. The van der Waals surface area contributed by atoms with Gasteiger partial charge in [-0.1, -0.05) is 17.8 Å². The number of ketones is 1. The normalized spacial score (nSPS) is 16.3. The van der Waals surface area contributed by atoms with Crippen molar-refractivity contribution in [2.75, 3.05) is 17.2 Å². The summed E-state index contributed by atoms with van der Waals surface area (Å²) in [6.07, 6.45) is 8.70. The molecule has 1 unspecified atom stereocenters. The van der Waals surface area contributed by atoms with Crippen molar-refractivity contribution in [3.63, 3.8) is 0 Å². The Morgan fingerprint density at radius 3 is 2.70 bits per heavy atom. The molecule has 0 bridgehead atoms. The second-order valence-electron chi connectivity index (χ2n) is 17.0. The summed E-state index contributed by atoms with van der Waals surface area (Å²) in [5.41, 5.74) is 10.3. The van der Waals surface area contributed by atoms with Gasteiger partial charge in [0, 0.05) is 89.8 Å². The number of aromatic nitrogens is 8. The molecule has 4 N–H and O–H groups in total. The number of carbonyl (C=O) groups excluding carboxylic acids is 3. The number of anilines is 3. The summed E-state index contributed by atoms with van der Waals surface area (Å²) in [7, 11) is 0. The fourth-order valence-electron chi connectivity index (χ4n) is 9.11. The first-order valence-electron chi connectivity index (χ1n) is 21.8. The number of H-pyrrole nitrogens is 1. The van der Waals surface area contributed by atoms with Crippen molar-refractivity contribution in [2.45, 2.75) is 104 Å². The van der Waals surface area contributed by atoms with E-state index >= 15 is 0 Å². The Morgan fingerprint density at radius 1 is 1.06 bits per heavy atom. The number of fused-ring (bicyclic) bond motifs is 4. The van der Waals surface area contributed by atoms with Gasteiger partial charge in [0.05, 0.1) is 28.8 Å². The molecule has 7 aromatic rings. The van der Waals surface area contributed by atoms with Gasteiger partial charge in [-0.15, -0.1) is 0 Å². The number of benzene rings is 2. The van der Waals surface area contributed by atoms with Crippen LogP contribution in [0.5, 0.6) is 0 Å². The van der Waals surface area contributed by atoms with Crippen LogP contribution < -0.4 is 16.0 Å². The summed E-state index contributed by atoms with van der Waals surface area (Å²) in [5.74, 6) is 2.25. The van der Waals surface area contributed by atoms with Gasteiger partial charge in [0.15, 0.2) is 5.82 Å². The summed E-state index contributed by atoms with van der Waals surface area (Å²) >= 11 is 0. The summed E-state index contributed by atoms with van der Waals surface area (Å²) in [4.78, 5) is 59.4. The fourth-order valence-corrected chi connectivity index (χ4v) is 9.11. The molecule has 1 atom stereocenters. The van der Waals surface area contributed by atoms with Crippen LogP contribution in [0.4, 0.5) is 17.3 Å². The van der Waals surface area contributed by atoms with E-state index in [4.69, 9.17) is 19.6 Å². The van der Waals surface area contributed by atoms with E-state index < -0.39 is 6.04 Å². The third-order valence-corrected chi connectivity index (χ3v) is 12.6. The number of rotatable bonds is 15. The highest BCUT2D eigenvalue weighted by atomic mass is 16.5. The minimum absolute atomic E-state index is 0.117. The van der Waals surface area contributed by atoms with E-state index in [9.17, 15) is 14.4 Å². The van der Waals surface area contributed by atoms with Crippen LogP contribution >= 0.6 is 0 Å². The molecule has 1 saturated carbocycles. The number of aromatic amines is 1. The van der Waals surface area contributed by atoms with Crippen LogP contribution in [0.25, 0.3) is 33.1 Å². The lowest BCUT2D eigenvalue weighted by atomic mass is 9.97. The SMILES string of the molecule is C=C1CCC(N2Cc3c(NCCCn4cnc(CCC(=O)c5nc(Nc6cc(C7CC7)nn6CC)c6c(n5)[nH]c5cc(-c7c(C)noc7C)c(C)cc56)c4)cccc3C2=O)C(=O)N1. The Bertz CT molecular complexity index is 2960. The Morgan fingerprint density at radius 2 is 1.92 bits per heavy atom. The molecule has 7 heterocycles. The smallest absolute Gasteiger partial charge is 0.255 e. The van der Waals surface area contributed by atoms with Gasteiger partial charge in [-0.05, 0) is 102 Å². The monoisotopic (exact) mass is 846 g/mol. The number of hydrogen-bond acceptors (Lipinski definition) is 11. The topological polar surface area (TPSA) is 194 Å². The van der Waals surface area contributed by atoms with E-state index in [0.717, 1.165) is 92.2 Å². The minimum Gasteiger partial charge on any atom is -0.385 e. The molecule has 322 valence electrons. The first-order valence-corrected chi connectivity index (χ1v) is 21.8. The van der Waals surface area contributed by atoms with Crippen molar-refractivity contribution < 1.29 is 18.9 Å². The van der Waals surface area contributed by atoms with Crippen molar-refractivity contribution in [3.05, 3.63) is 107 Å². The van der Waals surface area contributed by atoms with Crippen LogP contribution in [0.1, 0.15) is 106 Å². The molecular formula is C47H50N12O4. The van der Waals surface area contributed by atoms with E-state index in [0.29, 0.717) is 74.1 Å². The maximum Gasteiger partial charge on any atom is 0.255 e. The zero-order valence-corrected chi connectivity index (χ0v) is 36.0. The predicted octanol–water partition coefficient (Wildman–Crippen LogP) is 7.79. The summed E-state index contributed by atoms with van der Waals surface area (Å²) in [6.45, 7) is 14.3. The maximum atomic E-state index is 13.9. The summed E-state index contributed by atoms with van der Waals surface area (Å²) in [5, 5.41) is 20.7. The molecule has 3 aliphatic rings. The molecule has 2 aliphatic heterocycles. The zero-order valence-electron chi connectivity index (χ0n) is 36.0. The number of amides is 2. The van der Waals surface area contributed by atoms with E-state index in [-0.39, 0.29) is 29.8 Å². The number of allylic oxidation sites excluding steroid dienone is 1. The Labute approximate surface area is 363 Å². The van der Waals surface area contributed by atoms with Gasteiger partial charge in [0.2, 0.25) is 11.7 Å². The molecule has 2 amide bonds. The lowest BCUT2D eigenvalue weighted by molar-refractivity contribution is -0.126. The van der Waals surface area contributed by atoms with Crippen LogP contribution in [0.15, 0.2) is 65.7 Å². The van der Waals surface area contributed by atoms with Gasteiger partial charge < -0.3 is 34.9 Å². The molecule has 1 saturated heterocycles. The molecule has 10 rings (SSSR count). The molecule has 2 fully saturated rings. The fraction of sp³-hybridized carbons (Fsp3) is 0.362. The molecule has 0 radical (unpaired) electrons. The third-order valence-electron chi connectivity index (χ3n) is 12.6. The number of nitrogens with zero attached hydrogens (tertiary/aromatic N) is 8. The first-order chi connectivity index (χ1) is 30.5. The molecule has 1 aliphatic carbocycles. The molecule has 2 aromatic carbocycles. The predicted molar refractivity (Wildman–Crippen MR) is 239 cm³/mol. The van der Waals surface area contributed by atoms with E-state index in [1.165, 1.54) is 0 Å². The molecule has 16 heteroatoms. The lowest BCUT2D eigenvalue weighted by Gasteiger charge is -2.31. The van der Waals surface area contributed by atoms with Gasteiger partial charge in [0.25, 0.3) is 5.91 Å². The standard InChI is InChI=1S/C47H50N12O4/c1-6-59-40(21-36(55-59)29-12-13-29)52-45-42-33-19-25(2)32(41-27(4)56-63-28(41)5)20-37(33)51-44(42)53-43(54-45)39(60)16-14-30-22-57(24-49-30)18-8-17-48-35-10-7-9-31-34(35)23-58(47(31)62)38-15-11-26(3)50-46(38)61/h7,9-10,19-22,24,29,38,48H,3,6,8,11-18,23H2,1-2,4-5H3,(H,50,61)(H2,51,52,53,54). The van der Waals surface area contributed by atoms with Gasteiger partial charge >= 0.3 is 0 Å². The number of hydrogen-bond donors (Lipinski definition) is 4. The second-order valence-corrected chi connectivity index (χ2v) is 17.0. The van der Waals surface area contributed by atoms with Crippen LogP contribution in [0.2, 0.25) is 0 Å². The van der Waals surface area contributed by atoms with Gasteiger partial charge in [-0.3, -0.25) is 14.4 Å². The van der Waals surface area contributed by atoms with Crippen molar-refractivity contribution in [2.24, 2.45) is 0 Å². The largest absolute Gasteiger partial charge is 0.385 e. The van der Waals surface area contributed by atoms with Crippen molar-refractivity contribution in [3.8, 4) is 11.1 Å². The molecule has 0 spiro atoms. The van der Waals surface area contributed by atoms with Crippen LogP contribution in [0.3, 0.4) is 0 Å². The molecule has 5 aromatic heterocycles.